The van der Waals surface area contributed by atoms with Crippen molar-refractivity contribution in [2.45, 2.75) is 65.2 Å². The zero-order chi connectivity index (χ0) is 36.4. The average Bonchev–Trinajstić information content (AvgIpc) is 3.43. The van der Waals surface area contributed by atoms with Crippen LogP contribution in [0.3, 0.4) is 0 Å². The molecule has 266 valence electrons. The van der Waals surface area contributed by atoms with E-state index >= 15 is 0 Å². The van der Waals surface area contributed by atoms with Crippen LogP contribution in [-0.4, -0.2) is 84.8 Å². The first-order valence-electron chi connectivity index (χ1n) is 17.5. The molecule has 3 amide bonds. The molecule has 1 aromatic heterocycles. The van der Waals surface area contributed by atoms with E-state index in [9.17, 15) is 24.3 Å². The Kier molecular flexibility index (Phi) is 10.2. The molecule has 10 nitrogen and oxygen atoms in total. The highest BCUT2D eigenvalue weighted by Crippen LogP contribution is 2.33. The number of aromatic hydroxyl groups is 1. The standard InChI is InChI=1S/C41H47N5O5/c1-6-21-44-27-38(50)45-34(22-29-15-18-31(47)19-16-29)40(51)43(26-36(45)46(44)37(49)20-17-28-11-8-7-9-12-28)24-30-13-10-14-32-33(25-42(5)39(30)32)35(48)23-41(2,3)4/h6-16,18-19,25,34,36,47H,1,17,20-24,26-27H2,2-5H3/t34-,36-/m0/s1. The molecular weight excluding hydrogens is 642 g/mol. The minimum absolute atomic E-state index is 0.0625. The molecule has 51 heavy (non-hydrogen) atoms. The number of aryl methyl sites for hydroxylation is 2. The SMILES string of the molecule is C=CCN1CC(=O)N2[C@@H](Cc3ccc(O)cc3)C(=O)N(Cc3cccc4c(C(=O)CC(C)(C)C)cn(C)c34)C[C@@H]2N1C(=O)CCc1ccccc1. The number of hydrogen-bond donors (Lipinski definition) is 1. The van der Waals surface area contributed by atoms with Gasteiger partial charge in [-0.25, -0.2) is 10.0 Å². The van der Waals surface area contributed by atoms with Gasteiger partial charge in [-0.05, 0) is 40.7 Å². The minimum Gasteiger partial charge on any atom is -0.508 e. The maximum atomic E-state index is 14.6. The Bertz CT molecular complexity index is 1940. The van der Waals surface area contributed by atoms with Crippen molar-refractivity contribution in [1.82, 2.24) is 24.4 Å². The summed E-state index contributed by atoms with van der Waals surface area (Å²) in [6.07, 6.45) is 4.17. The van der Waals surface area contributed by atoms with Gasteiger partial charge in [0, 0.05) is 56.5 Å². The highest BCUT2D eigenvalue weighted by atomic mass is 16.3. The van der Waals surface area contributed by atoms with Gasteiger partial charge >= 0.3 is 0 Å². The van der Waals surface area contributed by atoms with E-state index < -0.39 is 12.2 Å². The molecule has 0 unspecified atom stereocenters. The summed E-state index contributed by atoms with van der Waals surface area (Å²) in [4.78, 5) is 59.5. The van der Waals surface area contributed by atoms with Gasteiger partial charge in [-0.3, -0.25) is 19.2 Å². The van der Waals surface area contributed by atoms with Crippen LogP contribution in [0.25, 0.3) is 10.9 Å². The van der Waals surface area contributed by atoms with Gasteiger partial charge in [-0.2, -0.15) is 0 Å². The highest BCUT2D eigenvalue weighted by molar-refractivity contribution is 6.09. The second kappa shape index (κ2) is 14.6. The molecule has 0 bridgehead atoms. The molecule has 10 heteroatoms. The number of fused-ring (bicyclic) bond motifs is 2. The predicted molar refractivity (Wildman–Crippen MR) is 196 cm³/mol. The second-order valence-corrected chi connectivity index (χ2v) is 14.9. The number of phenolic OH excluding ortho intramolecular Hbond substituents is 1. The van der Waals surface area contributed by atoms with E-state index in [2.05, 4.69) is 6.58 Å². The Morgan fingerprint density at radius 2 is 1.69 bits per heavy atom. The highest BCUT2D eigenvalue weighted by Gasteiger charge is 2.51. The van der Waals surface area contributed by atoms with Gasteiger partial charge in [0.05, 0.1) is 18.6 Å². The van der Waals surface area contributed by atoms with Gasteiger partial charge in [-0.15, -0.1) is 6.58 Å². The van der Waals surface area contributed by atoms with Gasteiger partial charge in [0.1, 0.15) is 18.0 Å². The molecule has 2 atom stereocenters. The number of carbonyl (C=O) groups excluding carboxylic acids is 4. The molecule has 2 saturated heterocycles. The Balaban J connectivity index is 1.38. The van der Waals surface area contributed by atoms with Crippen molar-refractivity contribution in [1.29, 1.82) is 0 Å². The summed E-state index contributed by atoms with van der Waals surface area (Å²) < 4.78 is 1.95. The number of aromatic nitrogens is 1. The van der Waals surface area contributed by atoms with Gasteiger partial charge in [0.15, 0.2) is 5.78 Å². The van der Waals surface area contributed by atoms with E-state index in [1.807, 2.05) is 87.1 Å². The summed E-state index contributed by atoms with van der Waals surface area (Å²) in [6.45, 7) is 10.6. The molecule has 2 aliphatic rings. The van der Waals surface area contributed by atoms with E-state index in [0.29, 0.717) is 18.4 Å². The molecular formula is C41H47N5O5. The van der Waals surface area contributed by atoms with Crippen molar-refractivity contribution >= 4 is 34.4 Å². The smallest absolute Gasteiger partial charge is 0.246 e. The van der Waals surface area contributed by atoms with Crippen LogP contribution < -0.4 is 0 Å². The summed E-state index contributed by atoms with van der Waals surface area (Å²) >= 11 is 0. The molecule has 2 aliphatic heterocycles. The number of hydrazine groups is 1. The number of piperazine rings is 1. The quantitative estimate of drug-likeness (QED) is 0.165. The lowest BCUT2D eigenvalue weighted by Gasteiger charge is -2.55. The third-order valence-corrected chi connectivity index (χ3v) is 9.70. The Hall–Kier alpha value is -5.22. The van der Waals surface area contributed by atoms with Crippen LogP contribution in [0.15, 0.2) is 91.6 Å². The van der Waals surface area contributed by atoms with Crippen molar-refractivity contribution in [3.05, 3.63) is 114 Å². The van der Waals surface area contributed by atoms with Crippen LogP contribution in [-0.2, 0) is 40.8 Å². The monoisotopic (exact) mass is 689 g/mol. The molecule has 6 rings (SSSR count). The van der Waals surface area contributed by atoms with Crippen molar-refractivity contribution in [2.75, 3.05) is 19.6 Å². The van der Waals surface area contributed by atoms with E-state index in [4.69, 9.17) is 0 Å². The van der Waals surface area contributed by atoms with Crippen molar-refractivity contribution in [3.63, 3.8) is 0 Å². The number of nitrogens with zero attached hydrogens (tertiary/aromatic N) is 5. The van der Waals surface area contributed by atoms with Crippen LogP contribution in [0.4, 0.5) is 0 Å². The zero-order valence-electron chi connectivity index (χ0n) is 29.9. The van der Waals surface area contributed by atoms with E-state index in [1.54, 1.807) is 50.2 Å². The molecule has 4 aromatic rings. The average molecular weight is 690 g/mol. The molecule has 0 spiro atoms. The molecule has 3 aromatic carbocycles. The van der Waals surface area contributed by atoms with Gasteiger partial charge in [0.2, 0.25) is 17.7 Å². The summed E-state index contributed by atoms with van der Waals surface area (Å²) in [5.74, 6) is -0.438. The first-order chi connectivity index (χ1) is 24.3. The van der Waals surface area contributed by atoms with E-state index in [1.165, 1.54) is 0 Å². The number of amides is 3. The van der Waals surface area contributed by atoms with Crippen LogP contribution >= 0.6 is 0 Å². The number of rotatable bonds is 11. The Morgan fingerprint density at radius 1 is 0.961 bits per heavy atom. The summed E-state index contributed by atoms with van der Waals surface area (Å²) in [6, 6.07) is 21.4. The molecule has 0 aliphatic carbocycles. The summed E-state index contributed by atoms with van der Waals surface area (Å²) in [7, 11) is 1.91. The molecule has 2 fully saturated rings. The normalized spacial score (nSPS) is 18.3. The van der Waals surface area contributed by atoms with Crippen LogP contribution in [0.2, 0.25) is 0 Å². The maximum Gasteiger partial charge on any atom is 0.246 e. The van der Waals surface area contributed by atoms with Crippen LogP contribution in [0.1, 0.15) is 60.7 Å². The Morgan fingerprint density at radius 3 is 2.37 bits per heavy atom. The fourth-order valence-electron chi connectivity index (χ4n) is 7.45. The fraction of sp³-hybridized carbons (Fsp3) is 0.366. The lowest BCUT2D eigenvalue weighted by molar-refractivity contribution is -0.205. The molecule has 1 N–H and O–H groups in total. The van der Waals surface area contributed by atoms with E-state index in [-0.39, 0.29) is 73.7 Å². The topological polar surface area (TPSA) is 106 Å². The Labute approximate surface area is 299 Å². The summed E-state index contributed by atoms with van der Waals surface area (Å²) in [5.41, 5.74) is 4.02. The number of Topliss-reactive ketones (excluding diaryl/α,β-unsaturated/α-hetero) is 1. The van der Waals surface area contributed by atoms with Crippen molar-refractivity contribution < 1.29 is 24.3 Å². The fourth-order valence-corrected chi connectivity index (χ4v) is 7.45. The first-order valence-corrected chi connectivity index (χ1v) is 17.5. The molecule has 0 saturated carbocycles. The number of phenols is 1. The number of carbonyl (C=O) groups is 4. The number of ketones is 1. The molecule has 0 radical (unpaired) electrons. The minimum atomic E-state index is -0.882. The lowest BCUT2D eigenvalue weighted by Crippen LogP contribution is -2.75. The third-order valence-electron chi connectivity index (χ3n) is 9.70. The van der Waals surface area contributed by atoms with Gasteiger partial charge < -0.3 is 19.5 Å². The maximum absolute atomic E-state index is 14.6. The van der Waals surface area contributed by atoms with Crippen LogP contribution in [0.5, 0.6) is 5.75 Å². The predicted octanol–water partition coefficient (Wildman–Crippen LogP) is 5.49. The van der Waals surface area contributed by atoms with E-state index in [0.717, 1.165) is 27.6 Å². The second-order valence-electron chi connectivity index (χ2n) is 14.9. The van der Waals surface area contributed by atoms with Gasteiger partial charge in [-0.1, -0.05) is 87.5 Å². The lowest BCUT2D eigenvalue weighted by atomic mass is 9.87. The molecule has 3 heterocycles. The third kappa shape index (κ3) is 7.61. The number of hydrogen-bond acceptors (Lipinski definition) is 6. The zero-order valence-corrected chi connectivity index (χ0v) is 29.9. The largest absolute Gasteiger partial charge is 0.508 e. The first kappa shape index (κ1) is 35.6. The number of benzene rings is 3. The van der Waals surface area contributed by atoms with Gasteiger partial charge in [0.25, 0.3) is 0 Å². The number of para-hydroxylation sites is 1. The van der Waals surface area contributed by atoms with Crippen molar-refractivity contribution in [2.24, 2.45) is 12.5 Å². The van der Waals surface area contributed by atoms with Crippen LogP contribution in [0, 0.1) is 5.41 Å². The summed E-state index contributed by atoms with van der Waals surface area (Å²) in [5, 5.41) is 14.2. The van der Waals surface area contributed by atoms with Crippen molar-refractivity contribution in [3.8, 4) is 5.75 Å².